The number of aryl methyl sites for hydroxylation is 1. The van der Waals surface area contributed by atoms with E-state index in [4.69, 9.17) is 4.52 Å². The minimum atomic E-state index is -3.00. The molecule has 1 atom stereocenters. The van der Waals surface area contributed by atoms with Crippen LogP contribution in [0.25, 0.3) is 10.7 Å². The van der Waals surface area contributed by atoms with E-state index in [9.17, 15) is 13.2 Å². The van der Waals surface area contributed by atoms with Crippen molar-refractivity contribution in [3.8, 4) is 10.7 Å². The highest BCUT2D eigenvalue weighted by molar-refractivity contribution is 7.91. The van der Waals surface area contributed by atoms with Crippen molar-refractivity contribution in [3.05, 3.63) is 23.4 Å². The Morgan fingerprint density at radius 2 is 2.35 bits per heavy atom. The lowest BCUT2D eigenvalue weighted by atomic mass is 10.2. The molecule has 9 heteroatoms. The topological polar surface area (TPSA) is 93.4 Å². The summed E-state index contributed by atoms with van der Waals surface area (Å²) in [7, 11) is -1.34. The van der Waals surface area contributed by atoms with Crippen molar-refractivity contribution in [3.63, 3.8) is 0 Å². The van der Waals surface area contributed by atoms with E-state index in [1.165, 1.54) is 16.2 Å². The Labute approximate surface area is 138 Å². The van der Waals surface area contributed by atoms with Gasteiger partial charge in [-0.2, -0.15) is 4.98 Å². The zero-order valence-corrected chi connectivity index (χ0v) is 14.3. The molecule has 1 amide bonds. The van der Waals surface area contributed by atoms with Gasteiger partial charge < -0.3 is 9.42 Å². The van der Waals surface area contributed by atoms with Gasteiger partial charge in [0.2, 0.25) is 17.6 Å². The van der Waals surface area contributed by atoms with Gasteiger partial charge in [-0.25, -0.2) is 8.42 Å². The van der Waals surface area contributed by atoms with Crippen LogP contribution in [0.4, 0.5) is 0 Å². The lowest BCUT2D eigenvalue weighted by Gasteiger charge is -2.23. The van der Waals surface area contributed by atoms with E-state index in [1.54, 1.807) is 7.05 Å². The third-order valence-electron chi connectivity index (χ3n) is 3.91. The van der Waals surface area contributed by atoms with Gasteiger partial charge in [0.05, 0.1) is 16.4 Å². The monoisotopic (exact) mass is 355 g/mol. The highest BCUT2D eigenvalue weighted by Gasteiger charge is 2.32. The number of amides is 1. The summed E-state index contributed by atoms with van der Waals surface area (Å²) in [6.07, 6.45) is 1.08. The molecule has 2 aromatic heterocycles. The number of hydrogen-bond acceptors (Lipinski definition) is 7. The van der Waals surface area contributed by atoms with Gasteiger partial charge in [0.15, 0.2) is 9.84 Å². The van der Waals surface area contributed by atoms with Crippen LogP contribution in [-0.2, 0) is 21.1 Å². The first-order valence-electron chi connectivity index (χ1n) is 7.27. The molecule has 0 bridgehead atoms. The van der Waals surface area contributed by atoms with E-state index in [2.05, 4.69) is 10.1 Å². The number of sulfone groups is 1. The molecular weight excluding hydrogens is 338 g/mol. The van der Waals surface area contributed by atoms with E-state index in [0.717, 1.165) is 4.88 Å². The fraction of sp³-hybridized carbons (Fsp3) is 0.500. The Balaban J connectivity index is 1.55. The zero-order valence-electron chi connectivity index (χ0n) is 12.6. The number of thiophene rings is 1. The minimum Gasteiger partial charge on any atom is -0.342 e. The van der Waals surface area contributed by atoms with E-state index >= 15 is 0 Å². The third-order valence-corrected chi connectivity index (χ3v) is 6.53. The molecule has 1 unspecified atom stereocenters. The van der Waals surface area contributed by atoms with Gasteiger partial charge >= 0.3 is 0 Å². The number of rotatable bonds is 5. The van der Waals surface area contributed by atoms with Gasteiger partial charge in [0, 0.05) is 25.9 Å². The second-order valence-corrected chi connectivity index (χ2v) is 8.73. The molecule has 0 aromatic carbocycles. The first kappa shape index (κ1) is 16.1. The fourth-order valence-electron chi connectivity index (χ4n) is 2.54. The largest absolute Gasteiger partial charge is 0.342 e. The number of carbonyl (C=O) groups is 1. The van der Waals surface area contributed by atoms with Crippen LogP contribution < -0.4 is 0 Å². The zero-order chi connectivity index (χ0) is 16.4. The summed E-state index contributed by atoms with van der Waals surface area (Å²) in [5, 5.41) is 5.83. The van der Waals surface area contributed by atoms with Crippen LogP contribution in [0.1, 0.15) is 18.7 Å². The van der Waals surface area contributed by atoms with Crippen molar-refractivity contribution >= 4 is 27.1 Å². The summed E-state index contributed by atoms with van der Waals surface area (Å²) in [6, 6.07) is 3.58. The molecule has 23 heavy (non-hydrogen) atoms. The van der Waals surface area contributed by atoms with Crippen molar-refractivity contribution in [1.29, 1.82) is 0 Å². The smallest absolute Gasteiger partial charge is 0.227 e. The molecule has 1 fully saturated rings. The molecule has 1 aliphatic heterocycles. The molecule has 3 rings (SSSR count). The maximum absolute atomic E-state index is 12.2. The van der Waals surface area contributed by atoms with Gasteiger partial charge in [-0.3, -0.25) is 4.79 Å². The summed E-state index contributed by atoms with van der Waals surface area (Å²) >= 11 is 1.52. The second kappa shape index (κ2) is 6.40. The van der Waals surface area contributed by atoms with Gasteiger partial charge in [-0.05, 0) is 17.9 Å². The summed E-state index contributed by atoms with van der Waals surface area (Å²) in [5.74, 6) is 1.04. The average molecular weight is 355 g/mol. The first-order valence-corrected chi connectivity index (χ1v) is 9.97. The van der Waals surface area contributed by atoms with E-state index in [1.807, 2.05) is 17.5 Å². The van der Waals surface area contributed by atoms with E-state index in [-0.39, 0.29) is 29.9 Å². The number of carbonyl (C=O) groups excluding carboxylic acids is 1. The Morgan fingerprint density at radius 3 is 3.00 bits per heavy atom. The van der Waals surface area contributed by atoms with Crippen molar-refractivity contribution in [2.45, 2.75) is 25.3 Å². The standard InChI is InChI=1S/C14H17N3O4S2/c1-17(10-6-8-23(19,20)9-10)13(18)5-4-12-15-14(16-21-12)11-3-2-7-22-11/h2-3,7,10H,4-6,8-9H2,1H3. The Bertz CT molecular complexity index is 783. The maximum Gasteiger partial charge on any atom is 0.227 e. The Kier molecular flexibility index (Phi) is 4.49. The van der Waals surface area contributed by atoms with Crippen molar-refractivity contribution in [2.75, 3.05) is 18.6 Å². The van der Waals surface area contributed by atoms with E-state index in [0.29, 0.717) is 24.6 Å². The highest BCUT2D eigenvalue weighted by Crippen LogP contribution is 2.22. The van der Waals surface area contributed by atoms with Crippen LogP contribution in [0.15, 0.2) is 22.0 Å². The normalized spacial score (nSPS) is 19.8. The molecule has 124 valence electrons. The number of nitrogens with zero attached hydrogens (tertiary/aromatic N) is 3. The first-order chi connectivity index (χ1) is 10.9. The summed E-state index contributed by atoms with van der Waals surface area (Å²) in [4.78, 5) is 18.9. The van der Waals surface area contributed by atoms with Gasteiger partial charge in [0.1, 0.15) is 0 Å². The highest BCUT2D eigenvalue weighted by atomic mass is 32.2. The molecule has 1 aliphatic rings. The molecule has 0 aliphatic carbocycles. The molecule has 7 nitrogen and oxygen atoms in total. The van der Waals surface area contributed by atoms with Crippen LogP contribution in [-0.4, -0.2) is 54.0 Å². The maximum atomic E-state index is 12.2. The molecule has 2 aromatic rings. The van der Waals surface area contributed by atoms with Gasteiger partial charge in [-0.15, -0.1) is 11.3 Å². The van der Waals surface area contributed by atoms with Crippen LogP contribution in [0.3, 0.4) is 0 Å². The van der Waals surface area contributed by atoms with Crippen molar-refractivity contribution in [2.24, 2.45) is 0 Å². The van der Waals surface area contributed by atoms with E-state index < -0.39 is 9.84 Å². The summed E-state index contributed by atoms with van der Waals surface area (Å²) in [6.45, 7) is 0. The lowest BCUT2D eigenvalue weighted by molar-refractivity contribution is -0.131. The second-order valence-electron chi connectivity index (χ2n) is 5.55. The van der Waals surface area contributed by atoms with Gasteiger partial charge in [0.25, 0.3) is 0 Å². The molecule has 0 radical (unpaired) electrons. The van der Waals surface area contributed by atoms with Crippen molar-refractivity contribution < 1.29 is 17.7 Å². The van der Waals surface area contributed by atoms with Crippen LogP contribution in [0, 0.1) is 0 Å². The Hall–Kier alpha value is -1.74. The number of aromatic nitrogens is 2. The van der Waals surface area contributed by atoms with Crippen LogP contribution >= 0.6 is 11.3 Å². The fourth-order valence-corrected chi connectivity index (χ4v) is 4.96. The van der Waals surface area contributed by atoms with Crippen LogP contribution in [0.2, 0.25) is 0 Å². The third kappa shape index (κ3) is 3.78. The Morgan fingerprint density at radius 1 is 1.52 bits per heavy atom. The average Bonchev–Trinajstić information content (AvgIpc) is 3.23. The van der Waals surface area contributed by atoms with Crippen LogP contribution in [0.5, 0.6) is 0 Å². The molecule has 1 saturated heterocycles. The molecular formula is C14H17N3O4S2. The lowest BCUT2D eigenvalue weighted by Crippen LogP contribution is -2.37. The van der Waals surface area contributed by atoms with Gasteiger partial charge in [-0.1, -0.05) is 11.2 Å². The predicted molar refractivity (Wildman–Crippen MR) is 85.8 cm³/mol. The van der Waals surface area contributed by atoms with Crippen molar-refractivity contribution in [1.82, 2.24) is 15.0 Å². The SMILES string of the molecule is CN(C(=O)CCc1nc(-c2cccs2)no1)C1CCS(=O)(=O)C1. The summed E-state index contributed by atoms with van der Waals surface area (Å²) in [5.41, 5.74) is 0. The quantitative estimate of drug-likeness (QED) is 0.804. The summed E-state index contributed by atoms with van der Waals surface area (Å²) < 4.78 is 28.1. The molecule has 0 saturated carbocycles. The minimum absolute atomic E-state index is 0.0539. The molecule has 0 N–H and O–H groups in total. The molecule has 0 spiro atoms. The number of hydrogen-bond donors (Lipinski definition) is 0. The molecule has 3 heterocycles. The predicted octanol–water partition coefficient (Wildman–Crippen LogP) is 1.38.